The molecule has 10 fully saturated rings. The molecule has 726 valence electrons. The van der Waals surface area contributed by atoms with E-state index in [0.29, 0.717) is 125 Å². The lowest BCUT2D eigenvalue weighted by atomic mass is 9.74. The molecule has 5 saturated heterocycles. The summed E-state index contributed by atoms with van der Waals surface area (Å²) in [6.07, 6.45) is 24.4. The van der Waals surface area contributed by atoms with Gasteiger partial charge in [0.15, 0.2) is 0 Å². The molecule has 10 aliphatic rings. The number of nitrogens with zero attached hydrogens (tertiary/aromatic N) is 14. The van der Waals surface area contributed by atoms with Crippen molar-refractivity contribution in [3.05, 3.63) is 204 Å². The second-order valence-electron chi connectivity index (χ2n) is 40.1. The molecule has 0 radical (unpaired) electrons. The van der Waals surface area contributed by atoms with Crippen LogP contribution in [0.2, 0.25) is 25.1 Å². The second-order valence-corrected chi connectivity index (χ2v) is 42.1. The van der Waals surface area contributed by atoms with Crippen molar-refractivity contribution in [1.29, 1.82) is 0 Å². The fourth-order valence-electron chi connectivity index (χ4n) is 24.0. The normalized spacial score (nSPS) is 23.3. The topological polar surface area (TPSA) is 436 Å². The van der Waals surface area contributed by atoms with E-state index in [1.54, 1.807) is 113 Å². The molecule has 0 unspecified atom stereocenters. The highest BCUT2D eigenvalue weighted by Crippen LogP contribution is 2.53. The van der Waals surface area contributed by atoms with Crippen LogP contribution in [0.25, 0.3) is 55.6 Å². The summed E-state index contributed by atoms with van der Waals surface area (Å²) < 4.78 is 20.7. The average molecular weight is 1960 g/mol. The van der Waals surface area contributed by atoms with Gasteiger partial charge in [-0.2, -0.15) is 19.9 Å². The number of hydrogen-bond donors (Lipinski definition) is 10. The number of halogens is 6. The van der Waals surface area contributed by atoms with E-state index in [4.69, 9.17) is 110 Å². The molecule has 10 aromatic rings. The summed E-state index contributed by atoms with van der Waals surface area (Å²) in [4.78, 5) is 101. The van der Waals surface area contributed by atoms with E-state index in [2.05, 4.69) is 61.3 Å². The predicted octanol–water partition coefficient (Wildman–Crippen LogP) is 14.8. The Morgan fingerprint density at radius 2 is 0.713 bits per heavy atom. The van der Waals surface area contributed by atoms with Gasteiger partial charge in [0.1, 0.15) is 29.4 Å². The van der Waals surface area contributed by atoms with Crippen molar-refractivity contribution in [2.45, 2.75) is 191 Å². The van der Waals surface area contributed by atoms with Crippen molar-refractivity contribution in [2.75, 3.05) is 113 Å². The van der Waals surface area contributed by atoms with E-state index >= 15 is 0 Å². The first-order chi connectivity index (χ1) is 65.0. The molecule has 29 nitrogen and oxygen atoms in total. The molecule has 35 heteroatoms. The zero-order valence-electron chi connectivity index (χ0n) is 78.6. The summed E-state index contributed by atoms with van der Waals surface area (Å²) in [5.74, 6) is 4.71. The highest BCUT2D eigenvalue weighted by Gasteiger charge is 2.53. The summed E-state index contributed by atoms with van der Waals surface area (Å²) in [6, 6.07) is 37.1. The molecule has 5 saturated carbocycles. The molecule has 19 N–H and O–H groups in total. The number of benzene rings is 5. The van der Waals surface area contributed by atoms with Gasteiger partial charge in [-0.05, 0) is 202 Å². The number of nitrogens with two attached hydrogens (primary N) is 9. The van der Waals surface area contributed by atoms with E-state index in [0.717, 1.165) is 165 Å². The van der Waals surface area contributed by atoms with Crippen molar-refractivity contribution in [3.63, 3.8) is 0 Å². The Bertz CT molecular complexity index is 6300. The van der Waals surface area contributed by atoms with Crippen LogP contribution in [0.4, 0.5) is 57.4 Å². The lowest BCUT2D eigenvalue weighted by Gasteiger charge is -2.42. The van der Waals surface area contributed by atoms with E-state index in [-0.39, 0.29) is 95.9 Å². The maximum Gasteiger partial charge on any atom is 0.264 e. The highest BCUT2D eigenvalue weighted by molar-refractivity contribution is 6.44. The molecule has 0 bridgehead atoms. The zero-order valence-corrected chi connectivity index (χ0v) is 82.4. The zero-order chi connectivity index (χ0) is 96.8. The van der Waals surface area contributed by atoms with Gasteiger partial charge in [0.25, 0.3) is 27.8 Å². The fraction of sp³-hybridized carbons (Fsp3) is 0.505. The summed E-state index contributed by atoms with van der Waals surface area (Å²) in [5.41, 5.74) is 62.1. The molecule has 5 aromatic carbocycles. The second kappa shape index (κ2) is 40.7. The number of hydrogen-bond acceptors (Lipinski definition) is 24. The van der Waals surface area contributed by atoms with Crippen LogP contribution in [0.3, 0.4) is 0 Å². The third kappa shape index (κ3) is 19.5. The molecule has 5 aliphatic carbocycles. The van der Waals surface area contributed by atoms with Crippen molar-refractivity contribution in [1.82, 2.24) is 48.2 Å². The Morgan fingerprint density at radius 1 is 0.375 bits per heavy atom. The van der Waals surface area contributed by atoms with Gasteiger partial charge >= 0.3 is 0 Å². The minimum absolute atomic E-state index is 0.00447. The van der Waals surface area contributed by atoms with E-state index in [1.165, 1.54) is 44.9 Å². The molecule has 5 aromatic heterocycles. The number of aromatic amines is 1. The molecule has 20 rings (SSSR count). The van der Waals surface area contributed by atoms with Crippen molar-refractivity contribution >= 4 is 111 Å². The van der Waals surface area contributed by atoms with Gasteiger partial charge in [-0.25, -0.2) is 9.37 Å². The Balaban J connectivity index is 0.000000123. The number of rotatable bonds is 10. The van der Waals surface area contributed by atoms with Gasteiger partial charge in [0.05, 0.1) is 47.9 Å². The third-order valence-corrected chi connectivity index (χ3v) is 34.3. The Kier molecular flexibility index (Phi) is 29.6. The Labute approximate surface area is 818 Å². The minimum Gasteiger partial charge on any atom is -0.383 e. The van der Waals surface area contributed by atoms with Crippen LogP contribution in [-0.4, -0.2) is 150 Å². The van der Waals surface area contributed by atoms with Gasteiger partial charge in [-0.3, -0.25) is 47.2 Å². The molecule has 136 heavy (non-hydrogen) atoms. The SMILES string of the molecule is C[C@@H]1CC2(CCN(c3nc(N)c(-c4ccccc4)c(=O)n3C)CC2)[C@H](N)[C@H]1F.C[C@H]1C[C@@H](N)C2(CCN(c3nc(N)c(-c4ccc(Cl)cc4)c(=O)n3C)CC2)C1.Cn1c(N2CCC3(CCC[C@H]3N)CC2)nc(N)c(-c2cccc(Cl)c2Cl)c1=O.Cn1c(N2CCC3(CCC[C@H]3N)CC2)nc(N)c(-c2ccccc2)c1=O.N[C@@H]1CCCC12CCN(c1ncc(-c3cccc(Cl)c3Cl)c(=O)[nH]1)CC2. The molecule has 10 heterocycles. The standard InChI is InChI=1S/C21H28ClN5O.C21H28FN5O.C20H25Cl2N5O.C20H27N5O.C19H22Cl2N4O/c1-13-11-16(23)21(12-13)7-9-27(10-8-21)20-25-18(24)17(19(28)26(20)2)14-3-5-15(22)6-4-14;1-13-12-21(17(23)16(13)22)8-10-27(11-9-21)20-25-18(24)15(19(28)26(20)2)14-6-4-3-5-7-14;1-26-18(28)15(12-4-2-5-13(21)16(12)22)17(24)25-19(26)27-10-8-20(9-11-27)7-3-6-14(20)23;1-24-18(26)16(14-6-3-2-4-7-14)17(22)23-19(24)25-12-10-20(11-13-25)9-5-8-15(20)21;20-14-4-1-3-12(16(14)21)13-11-23-18(24-17(13)26)25-9-7-19(8-10-25)6-2-5-15(19)22/h3-6,13,16H,7-12,23-24H2,1-2H3;3-7,13,16-17H,8-12,23-24H2,1-2H3;2,4-5,14H,3,6-11,23-24H2,1H3;2-4,6-7,15H,5,8-13,21-22H2,1H3;1,3-4,11,15H,2,5-10,22H2,(H,23,24,26)/t13-,16+;13-,16+,17-;14-;2*15-/m01111/s1. The number of anilines is 9. The molecule has 5 aliphatic heterocycles. The van der Waals surface area contributed by atoms with Crippen LogP contribution in [0.15, 0.2) is 151 Å². The van der Waals surface area contributed by atoms with Crippen LogP contribution in [0.1, 0.15) is 155 Å². The fourth-order valence-corrected chi connectivity index (χ4v) is 25.0. The predicted molar refractivity (Wildman–Crippen MR) is 551 cm³/mol. The number of aromatic nitrogens is 10. The van der Waals surface area contributed by atoms with Crippen molar-refractivity contribution < 1.29 is 4.39 Å². The maximum absolute atomic E-state index is 14.3. The lowest BCUT2D eigenvalue weighted by molar-refractivity contribution is 0.166. The number of H-pyrrole nitrogens is 1. The monoisotopic (exact) mass is 1950 g/mol. The molecule has 8 atom stereocenters. The first kappa shape index (κ1) is 98.9. The number of nitrogens with one attached hydrogen (secondary N) is 1. The highest BCUT2D eigenvalue weighted by atomic mass is 35.5. The summed E-state index contributed by atoms with van der Waals surface area (Å²) in [5, 5.41) is 2.08. The number of piperidine rings is 5. The van der Waals surface area contributed by atoms with Crippen LogP contribution >= 0.6 is 58.0 Å². The maximum atomic E-state index is 14.3. The van der Waals surface area contributed by atoms with E-state index in [9.17, 15) is 28.4 Å². The van der Waals surface area contributed by atoms with Gasteiger partial charge < -0.3 is 76.1 Å². The van der Waals surface area contributed by atoms with E-state index in [1.807, 2.05) is 67.6 Å². The average Bonchev–Trinajstić information content (AvgIpc) is 1.55. The van der Waals surface area contributed by atoms with Crippen LogP contribution in [0, 0.1) is 38.9 Å². The first-order valence-corrected chi connectivity index (χ1v) is 49.9. The van der Waals surface area contributed by atoms with Crippen LogP contribution in [-0.2, 0) is 28.2 Å². The Morgan fingerprint density at radius 3 is 1.06 bits per heavy atom. The summed E-state index contributed by atoms with van der Waals surface area (Å²) in [7, 11) is 6.99. The third-order valence-electron chi connectivity index (χ3n) is 32.4. The van der Waals surface area contributed by atoms with Gasteiger partial charge in [0, 0.05) is 146 Å². The van der Waals surface area contributed by atoms with Gasteiger partial charge in [0.2, 0.25) is 29.7 Å². The van der Waals surface area contributed by atoms with Crippen LogP contribution < -0.4 is 104 Å². The molecule has 5 spiro atoms. The largest absolute Gasteiger partial charge is 0.383 e. The van der Waals surface area contributed by atoms with E-state index < -0.39 is 12.2 Å². The van der Waals surface area contributed by atoms with Gasteiger partial charge in [-0.15, -0.1) is 0 Å². The first-order valence-electron chi connectivity index (χ1n) is 48.0. The minimum atomic E-state index is -0.935. The number of alkyl halides is 1. The summed E-state index contributed by atoms with van der Waals surface area (Å²) >= 11 is 30.7. The molecule has 0 amide bonds. The van der Waals surface area contributed by atoms with Crippen molar-refractivity contribution in [3.8, 4) is 55.6 Å². The number of nitrogen functional groups attached to an aromatic ring is 4. The van der Waals surface area contributed by atoms with Gasteiger partial charge in [-0.1, -0.05) is 188 Å². The summed E-state index contributed by atoms with van der Waals surface area (Å²) in [6.45, 7) is 12.5. The van der Waals surface area contributed by atoms with Crippen molar-refractivity contribution in [2.24, 2.45) is 95.8 Å². The Hall–Kier alpha value is -10.1. The van der Waals surface area contributed by atoms with Crippen LogP contribution in [0.5, 0.6) is 0 Å². The molecular formula is C101H130Cl5FN24O5. The smallest absolute Gasteiger partial charge is 0.264 e. The molecular weight excluding hydrogens is 1830 g/mol. The lowest BCUT2D eigenvalue weighted by Crippen LogP contribution is -2.50. The quantitative estimate of drug-likeness (QED) is 0.0608.